The van der Waals surface area contributed by atoms with E-state index < -0.39 is 21.7 Å². The van der Waals surface area contributed by atoms with E-state index in [0.29, 0.717) is 18.7 Å². The van der Waals surface area contributed by atoms with Crippen LogP contribution in [0.2, 0.25) is 5.02 Å². The van der Waals surface area contributed by atoms with E-state index in [1.54, 1.807) is 26.8 Å². The first-order chi connectivity index (χ1) is 12.2. The number of benzene rings is 2. The van der Waals surface area contributed by atoms with Crippen molar-refractivity contribution in [3.63, 3.8) is 0 Å². The van der Waals surface area contributed by atoms with E-state index in [1.807, 2.05) is 0 Å². The molecule has 0 aliphatic rings. The van der Waals surface area contributed by atoms with Crippen molar-refractivity contribution in [2.75, 3.05) is 18.4 Å². The summed E-state index contributed by atoms with van der Waals surface area (Å²) in [4.78, 5) is 12.5. The molecular formula is C18H20ClFN2O3S. The van der Waals surface area contributed by atoms with E-state index in [9.17, 15) is 17.6 Å². The summed E-state index contributed by atoms with van der Waals surface area (Å²) in [7, 11) is -3.71. The number of anilines is 1. The van der Waals surface area contributed by atoms with E-state index in [-0.39, 0.29) is 21.2 Å². The van der Waals surface area contributed by atoms with Gasteiger partial charge in [0.05, 0.1) is 10.6 Å². The van der Waals surface area contributed by atoms with Crippen LogP contribution < -0.4 is 5.32 Å². The van der Waals surface area contributed by atoms with Crippen molar-refractivity contribution in [3.8, 4) is 0 Å². The van der Waals surface area contributed by atoms with Gasteiger partial charge in [0.2, 0.25) is 10.0 Å². The van der Waals surface area contributed by atoms with Crippen LogP contribution in [-0.4, -0.2) is 31.7 Å². The Kier molecular flexibility index (Phi) is 6.39. The van der Waals surface area contributed by atoms with Crippen molar-refractivity contribution in [1.82, 2.24) is 4.31 Å². The Hall–Kier alpha value is -1.96. The lowest BCUT2D eigenvalue weighted by Gasteiger charge is -2.20. The summed E-state index contributed by atoms with van der Waals surface area (Å²) in [5.74, 6) is -1.28. The molecule has 0 fully saturated rings. The Morgan fingerprint density at radius 1 is 1.15 bits per heavy atom. The summed E-state index contributed by atoms with van der Waals surface area (Å²) in [6.07, 6.45) is 0. The second-order valence-corrected chi connectivity index (χ2v) is 7.99. The van der Waals surface area contributed by atoms with Gasteiger partial charge in [0.1, 0.15) is 5.82 Å². The Balaban J connectivity index is 2.38. The van der Waals surface area contributed by atoms with Crippen molar-refractivity contribution in [3.05, 3.63) is 58.4 Å². The third kappa shape index (κ3) is 4.23. The zero-order chi connectivity index (χ0) is 19.5. The molecule has 0 bridgehead atoms. The lowest BCUT2D eigenvalue weighted by molar-refractivity contribution is 0.102. The minimum atomic E-state index is -3.71. The Labute approximate surface area is 157 Å². The van der Waals surface area contributed by atoms with Gasteiger partial charge in [-0.2, -0.15) is 4.31 Å². The molecule has 0 radical (unpaired) electrons. The molecule has 0 saturated carbocycles. The van der Waals surface area contributed by atoms with Crippen LogP contribution in [0.1, 0.15) is 29.8 Å². The maximum Gasteiger partial charge on any atom is 0.255 e. The number of carbonyl (C=O) groups excluding carboxylic acids is 1. The molecule has 0 aromatic heterocycles. The van der Waals surface area contributed by atoms with E-state index >= 15 is 0 Å². The molecule has 0 atom stereocenters. The lowest BCUT2D eigenvalue weighted by Crippen LogP contribution is -2.31. The Morgan fingerprint density at radius 2 is 1.81 bits per heavy atom. The van der Waals surface area contributed by atoms with E-state index in [4.69, 9.17) is 11.6 Å². The second-order valence-electron chi connectivity index (χ2n) is 5.65. The third-order valence-corrected chi connectivity index (χ3v) is 6.38. The number of rotatable bonds is 6. The molecule has 26 heavy (non-hydrogen) atoms. The number of amides is 1. The van der Waals surface area contributed by atoms with E-state index in [1.165, 1.54) is 28.6 Å². The molecule has 2 aromatic rings. The zero-order valence-corrected chi connectivity index (χ0v) is 16.3. The summed E-state index contributed by atoms with van der Waals surface area (Å²) < 4.78 is 40.7. The van der Waals surface area contributed by atoms with E-state index in [2.05, 4.69) is 5.32 Å². The fraction of sp³-hybridized carbons (Fsp3) is 0.278. The highest BCUT2D eigenvalue weighted by atomic mass is 35.5. The molecule has 0 saturated heterocycles. The summed E-state index contributed by atoms with van der Waals surface area (Å²) >= 11 is 5.69. The molecule has 0 spiro atoms. The normalized spacial score (nSPS) is 11.6. The van der Waals surface area contributed by atoms with Crippen LogP contribution in [-0.2, 0) is 10.0 Å². The van der Waals surface area contributed by atoms with Crippen LogP contribution in [0, 0.1) is 12.7 Å². The topological polar surface area (TPSA) is 66.5 Å². The predicted molar refractivity (Wildman–Crippen MR) is 101 cm³/mol. The first-order valence-corrected chi connectivity index (χ1v) is 9.89. The number of nitrogens with zero attached hydrogens (tertiary/aromatic N) is 1. The molecule has 1 amide bonds. The molecule has 1 N–H and O–H groups in total. The van der Waals surface area contributed by atoms with Gasteiger partial charge in [-0.25, -0.2) is 12.8 Å². The number of aryl methyl sites for hydroxylation is 1. The van der Waals surface area contributed by atoms with Crippen LogP contribution in [0.3, 0.4) is 0 Å². The fourth-order valence-electron chi connectivity index (χ4n) is 2.51. The van der Waals surface area contributed by atoms with Crippen molar-refractivity contribution < 1.29 is 17.6 Å². The van der Waals surface area contributed by atoms with Gasteiger partial charge >= 0.3 is 0 Å². The van der Waals surface area contributed by atoms with Gasteiger partial charge in [0.25, 0.3) is 5.91 Å². The Morgan fingerprint density at radius 3 is 2.38 bits per heavy atom. The van der Waals surface area contributed by atoms with Crippen molar-refractivity contribution in [2.24, 2.45) is 0 Å². The molecule has 0 aliphatic heterocycles. The largest absolute Gasteiger partial charge is 0.319 e. The van der Waals surface area contributed by atoms with Gasteiger partial charge in [-0.05, 0) is 42.8 Å². The van der Waals surface area contributed by atoms with Crippen molar-refractivity contribution >= 4 is 33.2 Å². The summed E-state index contributed by atoms with van der Waals surface area (Å²) in [5, 5.41) is 2.64. The molecule has 2 aromatic carbocycles. The number of hydrogen-bond acceptors (Lipinski definition) is 3. The van der Waals surface area contributed by atoms with Gasteiger partial charge in [-0.1, -0.05) is 31.5 Å². The molecule has 8 heteroatoms. The zero-order valence-electron chi connectivity index (χ0n) is 14.7. The molecule has 0 unspecified atom stereocenters. The molecule has 0 heterocycles. The number of sulfonamides is 1. The summed E-state index contributed by atoms with van der Waals surface area (Å²) in [5.41, 5.74) is 0.620. The summed E-state index contributed by atoms with van der Waals surface area (Å²) in [6, 6.07) is 8.25. The quantitative estimate of drug-likeness (QED) is 0.797. The van der Waals surface area contributed by atoms with Gasteiger partial charge in [-0.3, -0.25) is 4.79 Å². The maximum atomic E-state index is 13.9. The molecule has 0 aliphatic carbocycles. The number of nitrogens with one attached hydrogen (secondary N) is 1. The van der Waals surface area contributed by atoms with Crippen LogP contribution in [0.4, 0.5) is 10.1 Å². The average Bonchev–Trinajstić information content (AvgIpc) is 2.58. The fourth-order valence-corrected chi connectivity index (χ4v) is 4.37. The molecular weight excluding hydrogens is 379 g/mol. The van der Waals surface area contributed by atoms with E-state index in [0.717, 1.165) is 6.07 Å². The predicted octanol–water partition coefficient (Wildman–Crippen LogP) is 4.07. The minimum absolute atomic E-state index is 0.0341. The van der Waals surface area contributed by atoms with Gasteiger partial charge in [0.15, 0.2) is 0 Å². The van der Waals surface area contributed by atoms with Crippen LogP contribution in [0.5, 0.6) is 0 Å². The Bertz CT molecular complexity index is 928. The molecule has 5 nitrogen and oxygen atoms in total. The SMILES string of the molecule is CCN(CC)S(=O)(=O)c1cc(C(=O)Nc2ccc(Cl)cc2F)ccc1C. The number of carbonyl (C=O) groups is 1. The van der Waals surface area contributed by atoms with Crippen LogP contribution in [0.25, 0.3) is 0 Å². The minimum Gasteiger partial charge on any atom is -0.319 e. The second kappa shape index (κ2) is 8.16. The monoisotopic (exact) mass is 398 g/mol. The first-order valence-electron chi connectivity index (χ1n) is 8.07. The average molecular weight is 399 g/mol. The van der Waals surface area contributed by atoms with Gasteiger partial charge in [-0.15, -0.1) is 0 Å². The maximum absolute atomic E-state index is 13.9. The van der Waals surface area contributed by atoms with Gasteiger partial charge in [0, 0.05) is 23.7 Å². The molecule has 2 rings (SSSR count). The third-order valence-electron chi connectivity index (χ3n) is 3.95. The standard InChI is InChI=1S/C18H20ClFN2O3S/c1-4-22(5-2)26(24,25)17-10-13(7-6-12(17)3)18(23)21-16-9-8-14(19)11-15(16)20/h6-11H,4-5H2,1-3H3,(H,21,23). The van der Waals surface area contributed by atoms with Crippen molar-refractivity contribution in [2.45, 2.75) is 25.7 Å². The van der Waals surface area contributed by atoms with Gasteiger partial charge < -0.3 is 5.32 Å². The number of hydrogen-bond donors (Lipinski definition) is 1. The highest BCUT2D eigenvalue weighted by Crippen LogP contribution is 2.23. The number of halogens is 2. The first kappa shape index (κ1) is 20.4. The van der Waals surface area contributed by atoms with Crippen molar-refractivity contribution in [1.29, 1.82) is 0 Å². The highest BCUT2D eigenvalue weighted by molar-refractivity contribution is 7.89. The van der Waals surface area contributed by atoms with Crippen LogP contribution in [0.15, 0.2) is 41.3 Å². The summed E-state index contributed by atoms with van der Waals surface area (Å²) in [6.45, 7) is 5.80. The smallest absolute Gasteiger partial charge is 0.255 e. The highest BCUT2D eigenvalue weighted by Gasteiger charge is 2.24. The lowest BCUT2D eigenvalue weighted by atomic mass is 10.1. The molecule has 140 valence electrons. The van der Waals surface area contributed by atoms with Crippen LogP contribution >= 0.6 is 11.6 Å².